The van der Waals surface area contributed by atoms with E-state index in [1.54, 1.807) is 6.07 Å². The molecule has 1 aliphatic rings. The number of nitrogens with zero attached hydrogens (tertiary/aromatic N) is 3. The molecule has 3 N–H and O–H groups in total. The van der Waals surface area contributed by atoms with Gasteiger partial charge in [0.05, 0.1) is 6.54 Å². The van der Waals surface area contributed by atoms with Crippen LogP contribution in [0.4, 0.5) is 13.2 Å². The molecule has 0 aliphatic carbocycles. The summed E-state index contributed by atoms with van der Waals surface area (Å²) in [7, 11) is 0. The molecule has 2 rings (SSSR count). The fourth-order valence-corrected chi connectivity index (χ4v) is 2.74. The van der Waals surface area contributed by atoms with Crippen molar-refractivity contribution in [3.8, 4) is 5.88 Å². The van der Waals surface area contributed by atoms with Crippen molar-refractivity contribution >= 4 is 29.9 Å². The van der Waals surface area contributed by atoms with Crippen molar-refractivity contribution in [2.24, 2.45) is 10.7 Å². The second-order valence-corrected chi connectivity index (χ2v) is 5.92. The number of hydrogen-bond acceptors (Lipinski definition) is 4. The molecular formula is C16H25F3IN5O. The molecule has 0 amide bonds. The zero-order chi connectivity index (χ0) is 18.3. The number of aromatic nitrogens is 1. The molecule has 1 unspecified atom stereocenters. The van der Waals surface area contributed by atoms with E-state index in [0.29, 0.717) is 18.5 Å². The van der Waals surface area contributed by atoms with Gasteiger partial charge in [-0.05, 0) is 31.5 Å². The molecule has 0 aromatic carbocycles. The van der Waals surface area contributed by atoms with Crippen LogP contribution >= 0.6 is 24.0 Å². The molecule has 0 bridgehead atoms. The van der Waals surface area contributed by atoms with E-state index in [0.717, 1.165) is 31.6 Å². The minimum atomic E-state index is -4.38. The Bertz CT molecular complexity index is 568. The maximum Gasteiger partial charge on any atom is 0.422 e. The van der Waals surface area contributed by atoms with Crippen molar-refractivity contribution < 1.29 is 17.9 Å². The molecule has 1 aliphatic heterocycles. The van der Waals surface area contributed by atoms with Gasteiger partial charge in [0.2, 0.25) is 5.88 Å². The molecule has 6 nitrogen and oxygen atoms in total. The largest absolute Gasteiger partial charge is 0.468 e. The summed E-state index contributed by atoms with van der Waals surface area (Å²) in [6, 6.07) is 3.48. The molecule has 1 saturated heterocycles. The summed E-state index contributed by atoms with van der Waals surface area (Å²) >= 11 is 0. The lowest BCUT2D eigenvalue weighted by molar-refractivity contribution is -0.154. The van der Waals surface area contributed by atoms with Gasteiger partial charge in [0.15, 0.2) is 12.6 Å². The summed E-state index contributed by atoms with van der Waals surface area (Å²) in [5.41, 5.74) is 6.60. The van der Waals surface area contributed by atoms with E-state index >= 15 is 0 Å². The average molecular weight is 487 g/mol. The molecule has 1 fully saturated rings. The van der Waals surface area contributed by atoms with E-state index in [-0.39, 0.29) is 29.9 Å². The van der Waals surface area contributed by atoms with E-state index in [9.17, 15) is 13.2 Å². The molecule has 1 aromatic heterocycles. The van der Waals surface area contributed by atoms with Crippen LogP contribution in [0.25, 0.3) is 0 Å². The standard InChI is InChI=1S/C16H24F3N5O.HI/c1-2-24-7-3-4-13(24)10-23-15(20)22-9-12-5-6-14(21-8-12)25-11-16(17,18)19;/h5-6,8,13H,2-4,7,9-11H2,1H3,(H3,20,22,23);1H. The summed E-state index contributed by atoms with van der Waals surface area (Å²) < 4.78 is 40.8. The first kappa shape index (κ1) is 22.7. The number of guanidine groups is 1. The van der Waals surface area contributed by atoms with Gasteiger partial charge in [-0.2, -0.15) is 13.2 Å². The van der Waals surface area contributed by atoms with Crippen LogP contribution in [-0.2, 0) is 6.54 Å². The van der Waals surface area contributed by atoms with Crippen LogP contribution in [0.15, 0.2) is 23.3 Å². The molecule has 0 saturated carbocycles. The first-order chi connectivity index (χ1) is 11.9. The van der Waals surface area contributed by atoms with Gasteiger partial charge in [0, 0.05) is 24.8 Å². The fourth-order valence-electron chi connectivity index (χ4n) is 2.74. The van der Waals surface area contributed by atoms with Crippen LogP contribution in [-0.4, -0.2) is 54.3 Å². The summed E-state index contributed by atoms with van der Waals surface area (Å²) in [6.07, 6.45) is -0.598. The number of alkyl halides is 3. The van der Waals surface area contributed by atoms with E-state index in [2.05, 4.69) is 31.9 Å². The van der Waals surface area contributed by atoms with Gasteiger partial charge in [0.25, 0.3) is 0 Å². The monoisotopic (exact) mass is 487 g/mol. The number of nitrogens with two attached hydrogens (primary N) is 1. The molecule has 2 heterocycles. The maximum absolute atomic E-state index is 12.1. The van der Waals surface area contributed by atoms with Crippen molar-refractivity contribution in [1.29, 1.82) is 0 Å². The first-order valence-electron chi connectivity index (χ1n) is 8.29. The molecule has 26 heavy (non-hydrogen) atoms. The van der Waals surface area contributed by atoms with Crippen LogP contribution in [0.3, 0.4) is 0 Å². The number of halogens is 4. The fraction of sp³-hybridized carbons (Fsp3) is 0.625. The van der Waals surface area contributed by atoms with Gasteiger partial charge in [0.1, 0.15) is 0 Å². The summed E-state index contributed by atoms with van der Waals surface area (Å²) in [5, 5.41) is 3.12. The zero-order valence-corrected chi connectivity index (χ0v) is 17.0. The number of hydrogen-bond donors (Lipinski definition) is 2. The van der Waals surface area contributed by atoms with Gasteiger partial charge in [-0.25, -0.2) is 9.98 Å². The third-order valence-electron chi connectivity index (χ3n) is 4.04. The Labute approximate surface area is 168 Å². The van der Waals surface area contributed by atoms with Crippen molar-refractivity contribution in [1.82, 2.24) is 15.2 Å². The number of aliphatic imine (C=N–C) groups is 1. The Morgan fingerprint density at radius 2 is 2.23 bits per heavy atom. The third-order valence-corrected chi connectivity index (χ3v) is 4.04. The predicted octanol–water partition coefficient (Wildman–Crippen LogP) is 2.53. The molecule has 148 valence electrons. The Morgan fingerprint density at radius 3 is 2.85 bits per heavy atom. The minimum absolute atomic E-state index is 0. The van der Waals surface area contributed by atoms with Crippen molar-refractivity contribution in [2.75, 3.05) is 26.2 Å². The van der Waals surface area contributed by atoms with Crippen LogP contribution in [0.1, 0.15) is 25.3 Å². The molecule has 10 heteroatoms. The Balaban J connectivity index is 0.00000338. The summed E-state index contributed by atoms with van der Waals surface area (Å²) in [4.78, 5) is 10.5. The van der Waals surface area contributed by atoms with Crippen molar-refractivity contribution in [2.45, 2.75) is 38.5 Å². The highest BCUT2D eigenvalue weighted by Crippen LogP contribution is 2.17. The number of likely N-dealkylation sites (N-methyl/N-ethyl adjacent to an activating group) is 1. The smallest absolute Gasteiger partial charge is 0.422 e. The van der Waals surface area contributed by atoms with Crippen LogP contribution < -0.4 is 15.8 Å². The normalized spacial score (nSPS) is 18.5. The van der Waals surface area contributed by atoms with Gasteiger partial charge in [-0.3, -0.25) is 4.90 Å². The van der Waals surface area contributed by atoms with E-state index in [1.165, 1.54) is 18.7 Å². The Kier molecular flexibility index (Phi) is 9.41. The lowest BCUT2D eigenvalue weighted by atomic mass is 10.2. The second kappa shape index (κ2) is 10.8. The SMILES string of the molecule is CCN1CCCC1CNC(N)=NCc1ccc(OCC(F)(F)F)nc1.I. The highest BCUT2D eigenvalue weighted by Gasteiger charge is 2.28. The van der Waals surface area contributed by atoms with E-state index < -0.39 is 12.8 Å². The van der Waals surface area contributed by atoms with Crippen LogP contribution in [0.5, 0.6) is 5.88 Å². The highest BCUT2D eigenvalue weighted by atomic mass is 127. The maximum atomic E-state index is 12.1. The zero-order valence-electron chi connectivity index (χ0n) is 14.6. The number of nitrogens with one attached hydrogen (secondary N) is 1. The highest BCUT2D eigenvalue weighted by molar-refractivity contribution is 14.0. The number of likely N-dealkylation sites (tertiary alicyclic amines) is 1. The minimum Gasteiger partial charge on any atom is -0.468 e. The predicted molar refractivity (Wildman–Crippen MR) is 105 cm³/mol. The number of rotatable bonds is 7. The van der Waals surface area contributed by atoms with E-state index in [1.807, 2.05) is 0 Å². The van der Waals surface area contributed by atoms with Gasteiger partial charge >= 0.3 is 6.18 Å². The van der Waals surface area contributed by atoms with Crippen LogP contribution in [0.2, 0.25) is 0 Å². The summed E-state index contributed by atoms with van der Waals surface area (Å²) in [6.45, 7) is 3.99. The van der Waals surface area contributed by atoms with Crippen molar-refractivity contribution in [3.63, 3.8) is 0 Å². The van der Waals surface area contributed by atoms with Crippen molar-refractivity contribution in [3.05, 3.63) is 23.9 Å². The quantitative estimate of drug-likeness (QED) is 0.352. The second-order valence-electron chi connectivity index (χ2n) is 5.92. The molecule has 1 aromatic rings. The Hall–Kier alpha value is -1.30. The van der Waals surface area contributed by atoms with Gasteiger partial charge in [-0.15, -0.1) is 24.0 Å². The Morgan fingerprint density at radius 1 is 1.46 bits per heavy atom. The molecule has 1 atom stereocenters. The van der Waals surface area contributed by atoms with Crippen LogP contribution in [0, 0.1) is 0 Å². The number of pyridine rings is 1. The number of ether oxygens (including phenoxy) is 1. The molecule has 0 radical (unpaired) electrons. The lowest BCUT2D eigenvalue weighted by Gasteiger charge is -2.23. The lowest BCUT2D eigenvalue weighted by Crippen LogP contribution is -2.42. The molecular weight excluding hydrogens is 462 g/mol. The molecule has 0 spiro atoms. The van der Waals surface area contributed by atoms with Gasteiger partial charge < -0.3 is 15.8 Å². The first-order valence-corrected chi connectivity index (χ1v) is 8.29. The summed E-state index contributed by atoms with van der Waals surface area (Å²) in [5.74, 6) is 0.275. The average Bonchev–Trinajstić information content (AvgIpc) is 3.04. The third kappa shape index (κ3) is 7.94. The topological polar surface area (TPSA) is 75.8 Å². The van der Waals surface area contributed by atoms with E-state index in [4.69, 9.17) is 5.73 Å². The van der Waals surface area contributed by atoms with Gasteiger partial charge in [-0.1, -0.05) is 13.0 Å².